The van der Waals surface area contributed by atoms with E-state index in [1.54, 1.807) is 0 Å². The Labute approximate surface area is 131 Å². The molecule has 10 heteroatoms. The average molecular weight is 330 g/mol. The third-order valence-electron chi connectivity index (χ3n) is 3.25. The van der Waals surface area contributed by atoms with Crippen molar-refractivity contribution in [1.29, 1.82) is 0 Å². The molecule has 2 aromatic carbocycles. The zero-order valence-electron chi connectivity index (χ0n) is 11.5. The van der Waals surface area contributed by atoms with Crippen LogP contribution in [0.2, 0.25) is 0 Å². The van der Waals surface area contributed by atoms with Gasteiger partial charge in [0.15, 0.2) is 0 Å². The molecule has 0 fully saturated rings. The second-order valence-corrected chi connectivity index (χ2v) is 4.47. The number of rotatable bonds is 4. The van der Waals surface area contributed by atoms with Crippen LogP contribution in [0.1, 0.15) is 41.4 Å². The summed E-state index contributed by atoms with van der Waals surface area (Å²) < 4.78 is 0. The van der Waals surface area contributed by atoms with Gasteiger partial charge in [0, 0.05) is 21.1 Å². The third kappa shape index (κ3) is 2.52. The van der Waals surface area contributed by atoms with Crippen molar-refractivity contribution in [2.75, 3.05) is 0 Å². The van der Waals surface area contributed by atoms with E-state index in [1.807, 2.05) is 0 Å². The maximum absolute atomic E-state index is 11.7. The van der Waals surface area contributed by atoms with Gasteiger partial charge in [0.2, 0.25) is 0 Å². The van der Waals surface area contributed by atoms with Crippen LogP contribution in [0.5, 0.6) is 0 Å². The summed E-state index contributed by atoms with van der Waals surface area (Å²) in [6.07, 6.45) is 0. The lowest BCUT2D eigenvalue weighted by molar-refractivity contribution is 0.0695. The second kappa shape index (κ2) is 6.12. The molecule has 2 rings (SSSR count). The molecule has 2 N–H and O–H groups in total. The molecule has 120 valence electrons. The standard InChI is InChI=1S/C14H6N2O8/c17-11(15-23)5-1-3-7(13(19)20)10-8(14(21)22)4-2-6(9(5)10)12(18)16-24/h1-4H,(H,19,20)(H,21,22). The normalized spacial score (nSPS) is 10.2. The Hall–Kier alpha value is -3.82. The van der Waals surface area contributed by atoms with Crippen molar-refractivity contribution >= 4 is 34.5 Å². The fourth-order valence-electron chi connectivity index (χ4n) is 2.31. The van der Waals surface area contributed by atoms with E-state index in [4.69, 9.17) is 0 Å². The number of carbonyl (C=O) groups excluding carboxylic acids is 2. The van der Waals surface area contributed by atoms with Crippen LogP contribution in [0.15, 0.2) is 34.6 Å². The molecule has 10 nitrogen and oxygen atoms in total. The van der Waals surface area contributed by atoms with Crippen molar-refractivity contribution in [3.8, 4) is 0 Å². The van der Waals surface area contributed by atoms with Gasteiger partial charge in [0.05, 0.1) is 22.3 Å². The summed E-state index contributed by atoms with van der Waals surface area (Å²) >= 11 is 0. The Bertz CT molecular complexity index is 875. The number of aromatic carboxylic acids is 2. The van der Waals surface area contributed by atoms with Crippen LogP contribution in [0.4, 0.5) is 0 Å². The third-order valence-corrected chi connectivity index (χ3v) is 3.25. The number of nitroso groups, excluding NO2 is 2. The Balaban J connectivity index is 3.17. The van der Waals surface area contributed by atoms with Gasteiger partial charge in [-0.2, -0.15) is 0 Å². The highest BCUT2D eigenvalue weighted by molar-refractivity contribution is 6.23. The maximum Gasteiger partial charge on any atom is 0.336 e. The number of hydrogen-bond donors (Lipinski definition) is 2. The summed E-state index contributed by atoms with van der Waals surface area (Å²) in [7, 11) is 0. The van der Waals surface area contributed by atoms with Gasteiger partial charge in [-0.25, -0.2) is 9.59 Å². The highest BCUT2D eigenvalue weighted by atomic mass is 16.4. The topological polar surface area (TPSA) is 168 Å². The summed E-state index contributed by atoms with van der Waals surface area (Å²) in [6, 6.07) is 3.61. The minimum Gasteiger partial charge on any atom is -0.478 e. The van der Waals surface area contributed by atoms with Gasteiger partial charge < -0.3 is 10.2 Å². The van der Waals surface area contributed by atoms with E-state index in [9.17, 15) is 39.2 Å². The van der Waals surface area contributed by atoms with Crippen LogP contribution in [0, 0.1) is 9.81 Å². The minimum absolute atomic E-state index is 0.482. The molecule has 0 heterocycles. The fourth-order valence-corrected chi connectivity index (χ4v) is 2.31. The molecular weight excluding hydrogens is 324 g/mol. The monoisotopic (exact) mass is 330 g/mol. The van der Waals surface area contributed by atoms with E-state index < -0.39 is 56.8 Å². The van der Waals surface area contributed by atoms with Crippen molar-refractivity contribution in [2.45, 2.75) is 0 Å². The summed E-state index contributed by atoms with van der Waals surface area (Å²) in [5.41, 5.74) is -2.10. The van der Waals surface area contributed by atoms with Crippen LogP contribution in [0.25, 0.3) is 10.8 Å². The Morgan fingerprint density at radius 1 is 0.625 bits per heavy atom. The molecule has 24 heavy (non-hydrogen) atoms. The molecule has 0 unspecified atom stereocenters. The lowest BCUT2D eigenvalue weighted by atomic mass is 9.91. The highest BCUT2D eigenvalue weighted by Crippen LogP contribution is 2.31. The number of carbonyl (C=O) groups is 4. The lowest BCUT2D eigenvalue weighted by Crippen LogP contribution is -2.10. The predicted molar refractivity (Wildman–Crippen MR) is 78.1 cm³/mol. The Morgan fingerprint density at radius 3 is 1.21 bits per heavy atom. The van der Waals surface area contributed by atoms with Crippen molar-refractivity contribution in [2.24, 2.45) is 10.4 Å². The van der Waals surface area contributed by atoms with Crippen LogP contribution >= 0.6 is 0 Å². The smallest absolute Gasteiger partial charge is 0.336 e. The zero-order chi connectivity index (χ0) is 18.0. The van der Waals surface area contributed by atoms with Crippen molar-refractivity contribution in [1.82, 2.24) is 0 Å². The van der Waals surface area contributed by atoms with Gasteiger partial charge in [-0.3, -0.25) is 9.59 Å². The molecule has 0 saturated carbocycles. The molecule has 0 aliphatic carbocycles. The first-order valence-corrected chi connectivity index (χ1v) is 6.15. The lowest BCUT2D eigenvalue weighted by Gasteiger charge is -2.11. The van der Waals surface area contributed by atoms with Crippen molar-refractivity contribution < 1.29 is 29.4 Å². The van der Waals surface area contributed by atoms with Gasteiger partial charge in [-0.1, -0.05) is 0 Å². The number of nitrogens with zero attached hydrogens (tertiary/aromatic N) is 2. The summed E-state index contributed by atoms with van der Waals surface area (Å²) in [5, 5.41) is 21.8. The minimum atomic E-state index is -1.54. The molecular formula is C14H6N2O8. The van der Waals surface area contributed by atoms with E-state index in [1.165, 1.54) is 0 Å². The molecule has 0 saturated heterocycles. The average Bonchev–Trinajstić information content (AvgIpc) is 2.57. The first kappa shape index (κ1) is 16.5. The molecule has 0 spiro atoms. The molecule has 0 bridgehead atoms. The molecule has 2 amide bonds. The number of amides is 2. The van der Waals surface area contributed by atoms with Crippen molar-refractivity contribution in [3.05, 3.63) is 56.3 Å². The second-order valence-electron chi connectivity index (χ2n) is 4.47. The fraction of sp³-hybridized carbons (Fsp3) is 0. The van der Waals surface area contributed by atoms with E-state index in [2.05, 4.69) is 10.4 Å². The number of hydrogen-bond acceptors (Lipinski definition) is 6. The summed E-state index contributed by atoms with van der Waals surface area (Å²) in [5.74, 6) is -5.80. The predicted octanol–water partition coefficient (Wildman–Crippen LogP) is 2.05. The molecule has 2 aromatic rings. The quantitative estimate of drug-likeness (QED) is 0.802. The highest BCUT2D eigenvalue weighted by Gasteiger charge is 2.25. The molecule has 0 aromatic heterocycles. The van der Waals surface area contributed by atoms with Gasteiger partial charge in [0.1, 0.15) is 0 Å². The van der Waals surface area contributed by atoms with E-state index in [0.717, 1.165) is 24.3 Å². The van der Waals surface area contributed by atoms with Crippen molar-refractivity contribution in [3.63, 3.8) is 0 Å². The summed E-state index contributed by atoms with van der Waals surface area (Å²) in [4.78, 5) is 67.1. The number of carboxylic acids is 2. The maximum atomic E-state index is 11.7. The Morgan fingerprint density at radius 2 is 0.917 bits per heavy atom. The first-order valence-electron chi connectivity index (χ1n) is 6.15. The van der Waals surface area contributed by atoms with Gasteiger partial charge in [0.25, 0.3) is 0 Å². The SMILES string of the molecule is O=NC(=O)c1ccc(C(=O)O)c2c(C(=O)O)ccc(C(=O)N=O)c12. The van der Waals surface area contributed by atoms with Gasteiger partial charge >= 0.3 is 23.8 Å². The first-order chi connectivity index (χ1) is 11.3. The van der Waals surface area contributed by atoms with Gasteiger partial charge in [-0.15, -0.1) is 9.81 Å². The largest absolute Gasteiger partial charge is 0.478 e. The Kier molecular flexibility index (Phi) is 4.22. The molecule has 0 aliphatic rings. The van der Waals surface area contributed by atoms with Gasteiger partial charge in [-0.05, 0) is 24.3 Å². The van der Waals surface area contributed by atoms with Crippen LogP contribution in [-0.4, -0.2) is 34.0 Å². The molecule has 0 atom stereocenters. The molecule has 0 radical (unpaired) electrons. The van der Waals surface area contributed by atoms with E-state index in [-0.39, 0.29) is 0 Å². The molecule has 0 aliphatic heterocycles. The zero-order valence-corrected chi connectivity index (χ0v) is 11.5. The van der Waals surface area contributed by atoms with E-state index in [0.29, 0.717) is 0 Å². The number of carboxylic acid groups (broad SMARTS) is 2. The van der Waals surface area contributed by atoms with Crippen LogP contribution < -0.4 is 0 Å². The van der Waals surface area contributed by atoms with Crippen LogP contribution in [0.3, 0.4) is 0 Å². The summed E-state index contributed by atoms with van der Waals surface area (Å²) in [6.45, 7) is 0. The van der Waals surface area contributed by atoms with Crippen LogP contribution in [-0.2, 0) is 0 Å². The van der Waals surface area contributed by atoms with E-state index >= 15 is 0 Å². The number of fused-ring (bicyclic) bond motifs is 1. The number of benzene rings is 2.